The number of aromatic nitrogens is 1. The Morgan fingerprint density at radius 2 is 1.84 bits per heavy atom. The van der Waals surface area contributed by atoms with E-state index in [0.717, 1.165) is 5.69 Å². The van der Waals surface area contributed by atoms with Crippen molar-refractivity contribution in [3.63, 3.8) is 0 Å². The second-order valence-corrected chi connectivity index (χ2v) is 5.66. The summed E-state index contributed by atoms with van der Waals surface area (Å²) in [7, 11) is 4.80. The second-order valence-electron chi connectivity index (χ2n) is 5.66. The van der Waals surface area contributed by atoms with Gasteiger partial charge in [-0.1, -0.05) is 6.07 Å². The molecule has 1 aromatic carbocycles. The number of ether oxygens (including phenoxy) is 2. The Kier molecular flexibility index (Phi) is 5.69. The summed E-state index contributed by atoms with van der Waals surface area (Å²) in [5, 5.41) is 12.0. The van der Waals surface area contributed by atoms with Gasteiger partial charge in [-0.15, -0.1) is 0 Å². The van der Waals surface area contributed by atoms with Crippen LogP contribution in [0, 0.1) is 6.92 Å². The number of methoxy groups -OCH3 is 2. The lowest BCUT2D eigenvalue weighted by molar-refractivity contribution is -0.137. The van der Waals surface area contributed by atoms with Gasteiger partial charge in [0, 0.05) is 12.7 Å². The average molecular weight is 346 g/mol. The maximum absolute atomic E-state index is 12.5. The van der Waals surface area contributed by atoms with Gasteiger partial charge in [-0.25, -0.2) is 0 Å². The van der Waals surface area contributed by atoms with Crippen molar-refractivity contribution in [1.29, 1.82) is 0 Å². The van der Waals surface area contributed by atoms with Crippen LogP contribution in [0.25, 0.3) is 0 Å². The minimum atomic E-state index is -1.01. The first kappa shape index (κ1) is 18.4. The average Bonchev–Trinajstić information content (AvgIpc) is 2.92. The Labute approximate surface area is 146 Å². The molecule has 1 heterocycles. The van der Waals surface area contributed by atoms with Crippen molar-refractivity contribution in [2.24, 2.45) is 7.05 Å². The molecule has 7 nitrogen and oxygen atoms in total. The van der Waals surface area contributed by atoms with E-state index in [1.54, 1.807) is 35.9 Å². The van der Waals surface area contributed by atoms with Gasteiger partial charge < -0.3 is 24.5 Å². The fraction of sp³-hybridized carbons (Fsp3) is 0.333. The van der Waals surface area contributed by atoms with Crippen LogP contribution in [0.3, 0.4) is 0 Å². The molecule has 0 spiro atoms. The van der Waals surface area contributed by atoms with Gasteiger partial charge in [-0.05, 0) is 36.8 Å². The Bertz CT molecular complexity index is 782. The van der Waals surface area contributed by atoms with Crippen LogP contribution in [0.2, 0.25) is 0 Å². The van der Waals surface area contributed by atoms with E-state index in [1.807, 2.05) is 13.0 Å². The smallest absolute Gasteiger partial charge is 0.305 e. The fourth-order valence-corrected chi connectivity index (χ4v) is 2.57. The normalized spacial score (nSPS) is 11.7. The van der Waals surface area contributed by atoms with E-state index in [2.05, 4.69) is 5.32 Å². The van der Waals surface area contributed by atoms with Crippen molar-refractivity contribution in [2.45, 2.75) is 19.4 Å². The SMILES string of the molecule is COc1ccc(C(CC(=O)O)NC(=O)c2ccc(C)n2C)cc1OC. The first-order valence-corrected chi connectivity index (χ1v) is 7.74. The number of nitrogens with zero attached hydrogens (tertiary/aromatic N) is 1. The van der Waals surface area contributed by atoms with Crippen LogP contribution in [0.5, 0.6) is 11.5 Å². The van der Waals surface area contributed by atoms with Crippen molar-refractivity contribution >= 4 is 11.9 Å². The highest BCUT2D eigenvalue weighted by Gasteiger charge is 2.22. The van der Waals surface area contributed by atoms with Gasteiger partial charge in [0.1, 0.15) is 5.69 Å². The summed E-state index contributed by atoms with van der Waals surface area (Å²) in [5.41, 5.74) is 2.03. The zero-order valence-electron chi connectivity index (χ0n) is 14.7. The lowest BCUT2D eigenvalue weighted by atomic mass is 10.0. The van der Waals surface area contributed by atoms with E-state index in [4.69, 9.17) is 9.47 Å². The highest BCUT2D eigenvalue weighted by molar-refractivity contribution is 5.93. The highest BCUT2D eigenvalue weighted by Crippen LogP contribution is 2.31. The monoisotopic (exact) mass is 346 g/mol. The second kappa shape index (κ2) is 7.74. The summed E-state index contributed by atoms with van der Waals surface area (Å²) in [6.45, 7) is 1.89. The number of amides is 1. The van der Waals surface area contributed by atoms with E-state index in [9.17, 15) is 14.7 Å². The minimum absolute atomic E-state index is 0.245. The van der Waals surface area contributed by atoms with Crippen molar-refractivity contribution in [3.8, 4) is 11.5 Å². The molecule has 134 valence electrons. The quantitative estimate of drug-likeness (QED) is 0.803. The van der Waals surface area contributed by atoms with Crippen molar-refractivity contribution in [1.82, 2.24) is 9.88 Å². The third-order valence-corrected chi connectivity index (χ3v) is 4.10. The molecule has 0 saturated carbocycles. The van der Waals surface area contributed by atoms with Crippen molar-refractivity contribution in [3.05, 3.63) is 47.3 Å². The number of nitrogens with one attached hydrogen (secondary N) is 1. The van der Waals surface area contributed by atoms with E-state index in [1.165, 1.54) is 14.2 Å². The first-order chi connectivity index (χ1) is 11.9. The van der Waals surface area contributed by atoms with Gasteiger partial charge >= 0.3 is 5.97 Å². The minimum Gasteiger partial charge on any atom is -0.493 e. The number of carbonyl (C=O) groups excluding carboxylic acids is 1. The third-order valence-electron chi connectivity index (χ3n) is 4.10. The van der Waals surface area contributed by atoms with E-state index < -0.39 is 12.0 Å². The molecule has 0 saturated heterocycles. The summed E-state index contributed by atoms with van der Waals surface area (Å²) >= 11 is 0. The Morgan fingerprint density at radius 3 is 2.36 bits per heavy atom. The van der Waals surface area contributed by atoms with Gasteiger partial charge in [0.2, 0.25) is 0 Å². The zero-order valence-corrected chi connectivity index (χ0v) is 14.7. The molecule has 25 heavy (non-hydrogen) atoms. The van der Waals surface area contributed by atoms with Crippen molar-refractivity contribution < 1.29 is 24.2 Å². The summed E-state index contributed by atoms with van der Waals surface area (Å²) < 4.78 is 12.2. The standard InChI is InChI=1S/C18H22N2O5/c1-11-5-7-14(20(11)2)18(23)19-13(10-17(21)22)12-6-8-15(24-3)16(9-12)25-4/h5-9,13H,10H2,1-4H3,(H,19,23)(H,21,22). The summed E-state index contributed by atoms with van der Waals surface area (Å²) in [6, 6.07) is 7.91. The molecule has 1 unspecified atom stereocenters. The molecule has 0 aliphatic carbocycles. The molecule has 1 aromatic heterocycles. The molecule has 1 atom stereocenters. The number of rotatable bonds is 7. The lowest BCUT2D eigenvalue weighted by Crippen LogP contribution is -2.31. The number of hydrogen-bond donors (Lipinski definition) is 2. The van der Waals surface area contributed by atoms with Gasteiger partial charge in [-0.2, -0.15) is 0 Å². The molecule has 0 aliphatic rings. The predicted molar refractivity (Wildman–Crippen MR) is 92.2 cm³/mol. The number of hydrogen-bond acceptors (Lipinski definition) is 4. The molecule has 1 amide bonds. The number of carbonyl (C=O) groups is 2. The topological polar surface area (TPSA) is 89.8 Å². The van der Waals surface area contributed by atoms with Gasteiger partial charge in [0.05, 0.1) is 26.7 Å². The summed E-state index contributed by atoms with van der Waals surface area (Å²) in [6.07, 6.45) is -0.245. The summed E-state index contributed by atoms with van der Waals surface area (Å²) in [5.74, 6) is -0.344. The molecule has 2 aromatic rings. The fourth-order valence-electron chi connectivity index (χ4n) is 2.57. The maximum Gasteiger partial charge on any atom is 0.305 e. The molecular weight excluding hydrogens is 324 g/mol. The Balaban J connectivity index is 2.31. The Hall–Kier alpha value is -2.96. The lowest BCUT2D eigenvalue weighted by Gasteiger charge is -2.19. The molecule has 2 rings (SSSR count). The maximum atomic E-state index is 12.5. The molecule has 0 bridgehead atoms. The highest BCUT2D eigenvalue weighted by atomic mass is 16.5. The largest absolute Gasteiger partial charge is 0.493 e. The molecule has 7 heteroatoms. The predicted octanol–water partition coefficient (Wildman–Crippen LogP) is 2.30. The van der Waals surface area contributed by atoms with Crippen LogP contribution in [0.4, 0.5) is 0 Å². The number of carboxylic acids is 1. The number of carboxylic acid groups (broad SMARTS) is 1. The van der Waals surface area contributed by atoms with Crippen LogP contribution in [0.1, 0.15) is 34.2 Å². The molecular formula is C18H22N2O5. The van der Waals surface area contributed by atoms with Gasteiger partial charge in [-0.3, -0.25) is 9.59 Å². The molecule has 0 radical (unpaired) electrons. The van der Waals surface area contributed by atoms with Crippen LogP contribution in [-0.4, -0.2) is 35.8 Å². The van der Waals surface area contributed by atoms with Crippen LogP contribution in [0.15, 0.2) is 30.3 Å². The van der Waals surface area contributed by atoms with Gasteiger partial charge in [0.25, 0.3) is 5.91 Å². The third kappa shape index (κ3) is 4.12. The van der Waals surface area contributed by atoms with E-state index in [-0.39, 0.29) is 12.3 Å². The molecule has 0 aliphatic heterocycles. The van der Waals surface area contributed by atoms with E-state index >= 15 is 0 Å². The Morgan fingerprint density at radius 1 is 1.16 bits per heavy atom. The van der Waals surface area contributed by atoms with Crippen molar-refractivity contribution in [2.75, 3.05) is 14.2 Å². The molecule has 2 N–H and O–H groups in total. The van der Waals surface area contributed by atoms with Crippen LogP contribution in [-0.2, 0) is 11.8 Å². The molecule has 0 fully saturated rings. The van der Waals surface area contributed by atoms with Crippen LogP contribution >= 0.6 is 0 Å². The zero-order chi connectivity index (χ0) is 18.6. The van der Waals surface area contributed by atoms with Crippen LogP contribution < -0.4 is 14.8 Å². The van der Waals surface area contributed by atoms with E-state index in [0.29, 0.717) is 22.8 Å². The summed E-state index contributed by atoms with van der Waals surface area (Å²) in [4.78, 5) is 23.8. The van der Waals surface area contributed by atoms with Gasteiger partial charge in [0.15, 0.2) is 11.5 Å². The number of aliphatic carboxylic acids is 1. The first-order valence-electron chi connectivity index (χ1n) is 7.74. The number of aryl methyl sites for hydroxylation is 1. The number of benzene rings is 1.